The van der Waals surface area contributed by atoms with Crippen molar-refractivity contribution in [3.05, 3.63) is 12.7 Å². The maximum absolute atomic E-state index is 3.77. The van der Waals surface area contributed by atoms with Gasteiger partial charge >= 0.3 is 0 Å². The predicted molar refractivity (Wildman–Crippen MR) is 76.4 cm³/mol. The maximum atomic E-state index is 3.77. The Labute approximate surface area is 107 Å². The second-order valence-corrected chi connectivity index (χ2v) is 5.41. The molecular weight excluding hydrogens is 208 g/mol. The van der Waals surface area contributed by atoms with Crippen molar-refractivity contribution in [1.82, 2.24) is 10.2 Å². The van der Waals surface area contributed by atoms with E-state index in [1.165, 1.54) is 57.9 Å². The summed E-state index contributed by atoms with van der Waals surface area (Å²) in [7, 11) is 4.40. The summed E-state index contributed by atoms with van der Waals surface area (Å²) in [5.74, 6) is 0. The normalized spacial score (nSPS) is 25.1. The highest BCUT2D eigenvalue weighted by Gasteiger charge is 2.22. The fraction of sp³-hybridized carbons (Fsp3) is 0.867. The number of unbranched alkanes of at least 4 members (excludes halogenated alkanes) is 3. The smallest absolute Gasteiger partial charge is 0.00933 e. The highest BCUT2D eigenvalue weighted by atomic mass is 15.1. The van der Waals surface area contributed by atoms with Crippen molar-refractivity contribution in [2.24, 2.45) is 0 Å². The first-order chi connectivity index (χ1) is 8.27. The molecule has 100 valence electrons. The zero-order valence-corrected chi connectivity index (χ0v) is 11.8. The van der Waals surface area contributed by atoms with Gasteiger partial charge in [-0.1, -0.05) is 12.5 Å². The lowest BCUT2D eigenvalue weighted by atomic mass is 9.90. The fourth-order valence-corrected chi connectivity index (χ4v) is 2.81. The van der Waals surface area contributed by atoms with Gasteiger partial charge in [0.15, 0.2) is 0 Å². The molecule has 0 saturated heterocycles. The summed E-state index contributed by atoms with van der Waals surface area (Å²) in [5.41, 5.74) is 0. The molecule has 0 atom stereocenters. The Kier molecular flexibility index (Phi) is 7.54. The van der Waals surface area contributed by atoms with Crippen LogP contribution in [-0.4, -0.2) is 37.6 Å². The van der Waals surface area contributed by atoms with Crippen LogP contribution in [0, 0.1) is 0 Å². The first-order valence-electron chi connectivity index (χ1n) is 7.26. The van der Waals surface area contributed by atoms with Crippen molar-refractivity contribution in [3.63, 3.8) is 0 Å². The summed E-state index contributed by atoms with van der Waals surface area (Å²) in [5, 5.41) is 3.40. The van der Waals surface area contributed by atoms with E-state index in [0.29, 0.717) is 0 Å². The average Bonchev–Trinajstić information content (AvgIpc) is 2.38. The van der Waals surface area contributed by atoms with E-state index in [1.54, 1.807) is 0 Å². The molecule has 1 aliphatic rings. The molecule has 0 bridgehead atoms. The van der Waals surface area contributed by atoms with Gasteiger partial charge in [-0.3, -0.25) is 0 Å². The van der Waals surface area contributed by atoms with Crippen LogP contribution >= 0.6 is 0 Å². The first-order valence-corrected chi connectivity index (χ1v) is 7.26. The van der Waals surface area contributed by atoms with E-state index in [1.807, 2.05) is 6.08 Å². The topological polar surface area (TPSA) is 15.3 Å². The van der Waals surface area contributed by atoms with Gasteiger partial charge in [0.05, 0.1) is 0 Å². The average molecular weight is 238 g/mol. The van der Waals surface area contributed by atoms with Crippen LogP contribution < -0.4 is 5.32 Å². The molecule has 17 heavy (non-hydrogen) atoms. The van der Waals surface area contributed by atoms with E-state index in [4.69, 9.17) is 0 Å². The zero-order valence-electron chi connectivity index (χ0n) is 11.8. The molecule has 2 nitrogen and oxygen atoms in total. The minimum absolute atomic E-state index is 0.771. The van der Waals surface area contributed by atoms with Crippen LogP contribution in [0.4, 0.5) is 0 Å². The van der Waals surface area contributed by atoms with Gasteiger partial charge in [-0.05, 0) is 65.6 Å². The van der Waals surface area contributed by atoms with E-state index in [0.717, 1.165) is 12.1 Å². The maximum Gasteiger partial charge on any atom is 0.00933 e. The van der Waals surface area contributed by atoms with Crippen molar-refractivity contribution >= 4 is 0 Å². The molecule has 1 rings (SSSR count). The summed E-state index contributed by atoms with van der Waals surface area (Å²) in [4.78, 5) is 2.58. The van der Waals surface area contributed by atoms with Crippen molar-refractivity contribution in [2.45, 2.75) is 63.5 Å². The number of nitrogens with one attached hydrogen (secondary N) is 1. The highest BCUT2D eigenvalue weighted by molar-refractivity contribution is 4.80. The second-order valence-electron chi connectivity index (χ2n) is 5.41. The molecule has 1 saturated carbocycles. The monoisotopic (exact) mass is 238 g/mol. The van der Waals surface area contributed by atoms with Crippen LogP contribution in [0.1, 0.15) is 51.4 Å². The lowest BCUT2D eigenvalue weighted by Gasteiger charge is -2.34. The van der Waals surface area contributed by atoms with Crippen LogP contribution in [0.3, 0.4) is 0 Å². The lowest BCUT2D eigenvalue weighted by Crippen LogP contribution is -2.40. The van der Waals surface area contributed by atoms with Crippen LogP contribution in [-0.2, 0) is 0 Å². The Morgan fingerprint density at radius 2 is 1.88 bits per heavy atom. The first kappa shape index (κ1) is 14.7. The Hall–Kier alpha value is -0.340. The van der Waals surface area contributed by atoms with Gasteiger partial charge < -0.3 is 10.2 Å². The van der Waals surface area contributed by atoms with Crippen LogP contribution in [0.2, 0.25) is 0 Å². The van der Waals surface area contributed by atoms with Crippen LogP contribution in [0.25, 0.3) is 0 Å². The third-order valence-corrected chi connectivity index (χ3v) is 4.15. The third kappa shape index (κ3) is 5.69. The van der Waals surface area contributed by atoms with Crippen molar-refractivity contribution in [3.8, 4) is 0 Å². The van der Waals surface area contributed by atoms with Gasteiger partial charge in [-0.25, -0.2) is 0 Å². The quantitative estimate of drug-likeness (QED) is 0.516. The standard InChI is InChI=1S/C15H30N2/c1-4-5-6-7-8-13-17(3)15-11-9-14(16-2)10-12-15/h4,14-16H,1,5-13H2,2-3H3. The summed E-state index contributed by atoms with van der Waals surface area (Å²) in [6.07, 6.45) is 12.6. The second kappa shape index (κ2) is 8.71. The summed E-state index contributed by atoms with van der Waals surface area (Å²) in [6, 6.07) is 1.60. The molecule has 1 fully saturated rings. The van der Waals surface area contributed by atoms with Crippen molar-refractivity contribution in [2.75, 3.05) is 20.6 Å². The molecule has 0 heterocycles. The largest absolute Gasteiger partial charge is 0.317 e. The van der Waals surface area contributed by atoms with Crippen molar-refractivity contribution < 1.29 is 0 Å². The third-order valence-electron chi connectivity index (χ3n) is 4.15. The number of rotatable bonds is 8. The molecule has 0 spiro atoms. The van der Waals surface area contributed by atoms with Gasteiger partial charge in [0.2, 0.25) is 0 Å². The molecule has 0 aromatic rings. The van der Waals surface area contributed by atoms with E-state index >= 15 is 0 Å². The Balaban J connectivity index is 2.07. The molecule has 1 N–H and O–H groups in total. The number of allylic oxidation sites excluding steroid dienone is 1. The van der Waals surface area contributed by atoms with Gasteiger partial charge in [-0.2, -0.15) is 0 Å². The van der Waals surface area contributed by atoms with Crippen LogP contribution in [0.5, 0.6) is 0 Å². The zero-order chi connectivity index (χ0) is 12.5. The van der Waals surface area contributed by atoms with Crippen molar-refractivity contribution in [1.29, 1.82) is 0 Å². The Morgan fingerprint density at radius 3 is 2.47 bits per heavy atom. The van der Waals surface area contributed by atoms with Gasteiger partial charge in [-0.15, -0.1) is 6.58 Å². The molecule has 0 amide bonds. The number of nitrogens with zero attached hydrogens (tertiary/aromatic N) is 1. The lowest BCUT2D eigenvalue weighted by molar-refractivity contribution is 0.174. The Bertz CT molecular complexity index is 195. The molecule has 0 radical (unpaired) electrons. The summed E-state index contributed by atoms with van der Waals surface area (Å²) >= 11 is 0. The van der Waals surface area contributed by atoms with Gasteiger partial charge in [0, 0.05) is 12.1 Å². The molecule has 0 aromatic carbocycles. The summed E-state index contributed by atoms with van der Waals surface area (Å²) in [6.45, 7) is 5.04. The highest BCUT2D eigenvalue weighted by Crippen LogP contribution is 2.22. The van der Waals surface area contributed by atoms with Gasteiger partial charge in [0.25, 0.3) is 0 Å². The number of hydrogen-bond donors (Lipinski definition) is 1. The molecule has 0 unspecified atom stereocenters. The molecule has 0 aromatic heterocycles. The minimum Gasteiger partial charge on any atom is -0.317 e. The number of hydrogen-bond acceptors (Lipinski definition) is 2. The van der Waals surface area contributed by atoms with E-state index in [2.05, 4.69) is 30.9 Å². The van der Waals surface area contributed by atoms with E-state index in [-0.39, 0.29) is 0 Å². The van der Waals surface area contributed by atoms with Crippen LogP contribution in [0.15, 0.2) is 12.7 Å². The minimum atomic E-state index is 0.771. The Morgan fingerprint density at radius 1 is 1.18 bits per heavy atom. The van der Waals surface area contributed by atoms with E-state index in [9.17, 15) is 0 Å². The SMILES string of the molecule is C=CCCCCCN(C)C1CCC(NC)CC1. The molecule has 2 heteroatoms. The van der Waals surface area contributed by atoms with Gasteiger partial charge in [0.1, 0.15) is 0 Å². The van der Waals surface area contributed by atoms with E-state index < -0.39 is 0 Å². The molecule has 1 aliphatic carbocycles. The fourth-order valence-electron chi connectivity index (χ4n) is 2.81. The molecule has 0 aliphatic heterocycles. The summed E-state index contributed by atoms with van der Waals surface area (Å²) < 4.78 is 0. The predicted octanol–water partition coefficient (Wildman–Crippen LogP) is 3.20. The molecular formula is C15H30N2.